The third-order valence-corrected chi connectivity index (χ3v) is 3.17. The van der Waals surface area contributed by atoms with E-state index in [-0.39, 0.29) is 11.8 Å². The highest BCUT2D eigenvalue weighted by Crippen LogP contribution is 2.15. The van der Waals surface area contributed by atoms with Crippen LogP contribution in [0.5, 0.6) is 0 Å². The highest BCUT2D eigenvalue weighted by molar-refractivity contribution is 5.99. The Morgan fingerprint density at radius 1 is 1.11 bits per heavy atom. The Morgan fingerprint density at radius 2 is 1.79 bits per heavy atom. The highest BCUT2D eigenvalue weighted by Gasteiger charge is 2.16. The lowest BCUT2D eigenvalue weighted by molar-refractivity contribution is -0.110. The molecule has 1 N–H and O–H groups in total. The van der Waals surface area contributed by atoms with Crippen molar-refractivity contribution in [2.75, 3.05) is 0 Å². The lowest BCUT2D eigenvalue weighted by atomic mass is 10.0. The zero-order valence-electron chi connectivity index (χ0n) is 11.1. The molecule has 0 radical (unpaired) electrons. The average molecular weight is 255 g/mol. The van der Waals surface area contributed by atoms with Crippen molar-refractivity contribution in [3.05, 3.63) is 48.0 Å². The zero-order valence-corrected chi connectivity index (χ0v) is 11.1. The van der Waals surface area contributed by atoms with E-state index in [0.717, 1.165) is 17.1 Å². The van der Waals surface area contributed by atoms with Gasteiger partial charge in [-0.3, -0.25) is 4.79 Å². The smallest absolute Gasteiger partial charge is 0.251 e. The number of hydrogen-bond acceptors (Lipinski definition) is 2. The van der Waals surface area contributed by atoms with Gasteiger partial charge in [-0.25, -0.2) is 0 Å². The average Bonchev–Trinajstić information content (AvgIpc) is 2.43. The number of carbonyl (C=O) groups excluding carboxylic acids is 2. The van der Waals surface area contributed by atoms with E-state index in [2.05, 4.69) is 5.32 Å². The molecule has 1 atom stereocenters. The molecule has 2 rings (SSSR count). The first-order valence-electron chi connectivity index (χ1n) is 6.37. The molecule has 0 aromatic heterocycles. The molecule has 19 heavy (non-hydrogen) atoms. The Balaban J connectivity index is 2.24. The first kappa shape index (κ1) is 13.3. The molecule has 0 saturated heterocycles. The maximum Gasteiger partial charge on any atom is 0.251 e. The van der Waals surface area contributed by atoms with Gasteiger partial charge in [-0.2, -0.15) is 0 Å². The Kier molecular flexibility index (Phi) is 3.95. The molecule has 2 aromatic carbocycles. The van der Waals surface area contributed by atoms with E-state index in [1.165, 1.54) is 0 Å². The third-order valence-electron chi connectivity index (χ3n) is 3.17. The van der Waals surface area contributed by atoms with E-state index in [9.17, 15) is 9.59 Å². The summed E-state index contributed by atoms with van der Waals surface area (Å²) >= 11 is 0. The van der Waals surface area contributed by atoms with Crippen molar-refractivity contribution in [3.8, 4) is 0 Å². The molecule has 3 nitrogen and oxygen atoms in total. The fourth-order valence-electron chi connectivity index (χ4n) is 1.92. The van der Waals surface area contributed by atoms with Crippen molar-refractivity contribution in [3.63, 3.8) is 0 Å². The lowest BCUT2D eigenvalue weighted by Crippen LogP contribution is -2.39. The molecule has 3 heteroatoms. The van der Waals surface area contributed by atoms with Crippen molar-refractivity contribution in [1.29, 1.82) is 0 Å². The maximum atomic E-state index is 12.1. The van der Waals surface area contributed by atoms with Crippen LogP contribution < -0.4 is 5.32 Å². The van der Waals surface area contributed by atoms with Crippen molar-refractivity contribution in [2.45, 2.75) is 19.9 Å². The highest BCUT2D eigenvalue weighted by atomic mass is 16.2. The van der Waals surface area contributed by atoms with E-state index >= 15 is 0 Å². The summed E-state index contributed by atoms with van der Waals surface area (Å²) in [7, 11) is 0. The van der Waals surface area contributed by atoms with Crippen LogP contribution in [-0.2, 0) is 4.79 Å². The summed E-state index contributed by atoms with van der Waals surface area (Å²) in [4.78, 5) is 23.0. The largest absolute Gasteiger partial charge is 0.342 e. The second-order valence-corrected chi connectivity index (χ2v) is 4.94. The van der Waals surface area contributed by atoms with E-state index in [1.54, 1.807) is 6.07 Å². The molecule has 1 amide bonds. The van der Waals surface area contributed by atoms with Crippen LogP contribution in [0.1, 0.15) is 24.2 Å². The van der Waals surface area contributed by atoms with Gasteiger partial charge in [-0.15, -0.1) is 0 Å². The summed E-state index contributed by atoms with van der Waals surface area (Å²) in [6, 6.07) is 12.9. The number of rotatable bonds is 4. The fourth-order valence-corrected chi connectivity index (χ4v) is 1.92. The number of hydrogen-bond donors (Lipinski definition) is 1. The van der Waals surface area contributed by atoms with Gasteiger partial charge in [0, 0.05) is 5.56 Å². The number of aldehydes is 1. The van der Waals surface area contributed by atoms with Gasteiger partial charge >= 0.3 is 0 Å². The molecule has 0 aliphatic carbocycles. The van der Waals surface area contributed by atoms with Crippen molar-refractivity contribution < 1.29 is 9.59 Å². The van der Waals surface area contributed by atoms with Gasteiger partial charge in [0.1, 0.15) is 6.29 Å². The minimum Gasteiger partial charge on any atom is -0.342 e. The monoisotopic (exact) mass is 255 g/mol. The van der Waals surface area contributed by atoms with Gasteiger partial charge < -0.3 is 10.1 Å². The molecule has 0 aliphatic heterocycles. The van der Waals surface area contributed by atoms with Crippen molar-refractivity contribution in [1.82, 2.24) is 5.32 Å². The van der Waals surface area contributed by atoms with Crippen LogP contribution in [0.25, 0.3) is 10.8 Å². The van der Waals surface area contributed by atoms with Crippen LogP contribution in [-0.4, -0.2) is 18.2 Å². The maximum absolute atomic E-state index is 12.1. The van der Waals surface area contributed by atoms with Crippen LogP contribution in [0.4, 0.5) is 0 Å². The number of nitrogens with one attached hydrogen (secondary N) is 1. The molecule has 0 saturated carbocycles. The van der Waals surface area contributed by atoms with Gasteiger partial charge in [0.2, 0.25) is 0 Å². The first-order chi connectivity index (χ1) is 9.11. The number of fused-ring (bicyclic) bond motifs is 1. The Hall–Kier alpha value is -2.16. The third kappa shape index (κ3) is 2.99. The SMILES string of the molecule is CC(C)[C@@H](C=O)NC(=O)c1ccc2ccccc2c1. The first-order valence-corrected chi connectivity index (χ1v) is 6.37. The Morgan fingerprint density at radius 3 is 2.42 bits per heavy atom. The van der Waals surface area contributed by atoms with Gasteiger partial charge in [0.05, 0.1) is 6.04 Å². The molecule has 0 aliphatic rings. The zero-order chi connectivity index (χ0) is 13.8. The quantitative estimate of drug-likeness (QED) is 0.854. The summed E-state index contributed by atoms with van der Waals surface area (Å²) in [6.45, 7) is 3.81. The second-order valence-electron chi connectivity index (χ2n) is 4.94. The van der Waals surface area contributed by atoms with Gasteiger partial charge in [0.15, 0.2) is 0 Å². The van der Waals surface area contributed by atoms with E-state index < -0.39 is 6.04 Å². The summed E-state index contributed by atoms with van der Waals surface area (Å²) in [6.07, 6.45) is 0.781. The van der Waals surface area contributed by atoms with Crippen LogP contribution in [0, 0.1) is 5.92 Å². The molecule has 0 unspecified atom stereocenters. The van der Waals surface area contributed by atoms with E-state index in [1.807, 2.05) is 50.2 Å². The van der Waals surface area contributed by atoms with E-state index in [4.69, 9.17) is 0 Å². The predicted octanol–water partition coefficient (Wildman–Crippen LogP) is 2.79. The Bertz CT molecular complexity index is 604. The van der Waals surface area contributed by atoms with Crippen LogP contribution in [0.15, 0.2) is 42.5 Å². The van der Waals surface area contributed by atoms with Gasteiger partial charge in [-0.1, -0.05) is 44.2 Å². The summed E-state index contributed by atoms with van der Waals surface area (Å²) in [5.41, 5.74) is 0.575. The minimum atomic E-state index is -0.445. The molecule has 98 valence electrons. The van der Waals surface area contributed by atoms with E-state index in [0.29, 0.717) is 5.56 Å². The number of benzene rings is 2. The van der Waals surface area contributed by atoms with Gasteiger partial charge in [0.25, 0.3) is 5.91 Å². The topological polar surface area (TPSA) is 46.2 Å². The van der Waals surface area contributed by atoms with Crippen molar-refractivity contribution >= 4 is 23.0 Å². The van der Waals surface area contributed by atoms with Gasteiger partial charge in [-0.05, 0) is 28.8 Å². The molecule has 0 fully saturated rings. The van der Waals surface area contributed by atoms with Crippen LogP contribution >= 0.6 is 0 Å². The molecular formula is C16H17NO2. The number of carbonyl (C=O) groups is 2. The summed E-state index contributed by atoms with van der Waals surface area (Å²) in [5, 5.41) is 4.85. The molecular weight excluding hydrogens is 238 g/mol. The summed E-state index contributed by atoms with van der Waals surface area (Å²) < 4.78 is 0. The molecule has 0 bridgehead atoms. The molecule has 0 heterocycles. The minimum absolute atomic E-state index is 0.0851. The fraction of sp³-hybridized carbons (Fsp3) is 0.250. The van der Waals surface area contributed by atoms with Crippen LogP contribution in [0.3, 0.4) is 0 Å². The normalized spacial score (nSPS) is 12.4. The predicted molar refractivity (Wildman–Crippen MR) is 76.1 cm³/mol. The molecule has 2 aromatic rings. The van der Waals surface area contributed by atoms with Crippen molar-refractivity contribution in [2.24, 2.45) is 5.92 Å². The van der Waals surface area contributed by atoms with Crippen LogP contribution in [0.2, 0.25) is 0 Å². The Labute approximate surface area is 112 Å². The second kappa shape index (κ2) is 5.65. The lowest BCUT2D eigenvalue weighted by Gasteiger charge is -2.16. The molecule has 0 spiro atoms. The standard InChI is InChI=1S/C16H17NO2/c1-11(2)15(10-18)17-16(19)14-8-7-12-5-3-4-6-13(12)9-14/h3-11,15H,1-2H3,(H,17,19)/t15-/m1/s1. The number of amides is 1. The summed E-state index contributed by atoms with van der Waals surface area (Å²) in [5.74, 6) is -0.126.